The third-order valence-corrected chi connectivity index (χ3v) is 5.27. The van der Waals surface area contributed by atoms with E-state index in [1.165, 1.54) is 43.4 Å². The van der Waals surface area contributed by atoms with Crippen LogP contribution in [0, 0.1) is 0 Å². The number of hydrogen-bond acceptors (Lipinski definition) is 6. The van der Waals surface area contributed by atoms with E-state index in [1.54, 1.807) is 4.68 Å². The Kier molecular flexibility index (Phi) is 5.57. The molecule has 7 nitrogen and oxygen atoms in total. The van der Waals surface area contributed by atoms with E-state index in [0.29, 0.717) is 24.1 Å². The average Bonchev–Trinajstić information content (AvgIpc) is 3.17. The molecule has 1 fully saturated rings. The molecule has 0 unspecified atom stereocenters. The number of nitrogens with zero attached hydrogens (tertiary/aromatic N) is 5. The topological polar surface area (TPSA) is 75.9 Å². The first-order chi connectivity index (χ1) is 11.6. The van der Waals surface area contributed by atoms with E-state index in [4.69, 9.17) is 0 Å². The minimum Gasteiger partial charge on any atom is -0.299 e. The number of aromatic nitrogens is 4. The monoisotopic (exact) mass is 348 g/mol. The smallest absolute Gasteiger partial charge is 0.240 e. The van der Waals surface area contributed by atoms with Gasteiger partial charge in [-0.2, -0.15) is 5.10 Å². The molecule has 1 amide bonds. The van der Waals surface area contributed by atoms with Crippen LogP contribution in [-0.4, -0.2) is 44.4 Å². The Morgan fingerprint density at radius 3 is 2.88 bits per heavy atom. The van der Waals surface area contributed by atoms with E-state index in [2.05, 4.69) is 20.6 Å². The van der Waals surface area contributed by atoms with Crippen LogP contribution in [0.3, 0.4) is 0 Å². The van der Waals surface area contributed by atoms with Crippen LogP contribution in [0.4, 0.5) is 5.13 Å². The van der Waals surface area contributed by atoms with Crippen LogP contribution >= 0.6 is 11.3 Å². The quantitative estimate of drug-likeness (QED) is 0.867. The first-order valence-electron chi connectivity index (χ1n) is 8.39. The predicted molar refractivity (Wildman–Crippen MR) is 93.9 cm³/mol. The third-order valence-electron chi connectivity index (χ3n) is 4.27. The molecule has 2 heterocycles. The van der Waals surface area contributed by atoms with Gasteiger partial charge in [-0.25, -0.2) is 0 Å². The van der Waals surface area contributed by atoms with Crippen molar-refractivity contribution in [2.45, 2.75) is 44.6 Å². The van der Waals surface area contributed by atoms with Crippen LogP contribution in [0.5, 0.6) is 0 Å². The van der Waals surface area contributed by atoms with Crippen LogP contribution in [-0.2, 0) is 18.4 Å². The van der Waals surface area contributed by atoms with Gasteiger partial charge in [0.1, 0.15) is 5.01 Å². The molecule has 0 atom stereocenters. The summed E-state index contributed by atoms with van der Waals surface area (Å²) in [7, 11) is 3.80. The highest BCUT2D eigenvalue weighted by Crippen LogP contribution is 2.35. The number of likely N-dealkylation sites (N-methyl/N-ethyl adjacent to an activating group) is 1. The van der Waals surface area contributed by atoms with Gasteiger partial charge < -0.3 is 0 Å². The molecular formula is C16H24N6OS. The summed E-state index contributed by atoms with van der Waals surface area (Å²) in [5.41, 5.74) is 1.09. The molecule has 2 aromatic heterocycles. The molecule has 0 bridgehead atoms. The van der Waals surface area contributed by atoms with Crippen molar-refractivity contribution in [3.8, 4) is 0 Å². The number of aryl methyl sites for hydroxylation is 1. The van der Waals surface area contributed by atoms with Gasteiger partial charge in [0.25, 0.3) is 0 Å². The maximum atomic E-state index is 12.2. The summed E-state index contributed by atoms with van der Waals surface area (Å²) in [6.07, 6.45) is 10.0. The fraction of sp³-hybridized carbons (Fsp3) is 0.625. The van der Waals surface area contributed by atoms with Gasteiger partial charge in [-0.05, 0) is 19.9 Å². The van der Waals surface area contributed by atoms with Crippen molar-refractivity contribution in [3.63, 3.8) is 0 Å². The van der Waals surface area contributed by atoms with Crippen molar-refractivity contribution >= 4 is 22.4 Å². The first kappa shape index (κ1) is 17.0. The number of carbonyl (C=O) groups excluding carboxylic acids is 1. The fourth-order valence-corrected chi connectivity index (χ4v) is 4.05. The molecule has 2 aromatic rings. The SMILES string of the molecule is CN(CC(=O)Nc1nnc(C2CCCCC2)s1)Cc1cnn(C)c1. The predicted octanol–water partition coefficient (Wildman–Crippen LogP) is 2.39. The summed E-state index contributed by atoms with van der Waals surface area (Å²) >= 11 is 1.52. The number of amides is 1. The van der Waals surface area contributed by atoms with Gasteiger partial charge in [0, 0.05) is 31.3 Å². The lowest BCUT2D eigenvalue weighted by molar-refractivity contribution is -0.117. The molecule has 1 aliphatic rings. The molecule has 1 aliphatic carbocycles. The second-order valence-corrected chi connectivity index (χ2v) is 7.53. The molecule has 3 rings (SSSR count). The lowest BCUT2D eigenvalue weighted by Gasteiger charge is -2.18. The van der Waals surface area contributed by atoms with Crippen LogP contribution in [0.25, 0.3) is 0 Å². The largest absolute Gasteiger partial charge is 0.299 e. The summed E-state index contributed by atoms with van der Waals surface area (Å²) in [6, 6.07) is 0. The Balaban J connectivity index is 1.48. The molecule has 0 spiro atoms. The summed E-state index contributed by atoms with van der Waals surface area (Å²) in [5, 5.41) is 17.1. The molecule has 130 valence electrons. The molecule has 0 aliphatic heterocycles. The van der Waals surface area contributed by atoms with Crippen molar-refractivity contribution in [1.29, 1.82) is 0 Å². The Bertz CT molecular complexity index is 676. The first-order valence-corrected chi connectivity index (χ1v) is 9.21. The second kappa shape index (κ2) is 7.85. The second-order valence-electron chi connectivity index (χ2n) is 6.52. The fourth-order valence-electron chi connectivity index (χ4n) is 3.12. The van der Waals surface area contributed by atoms with Crippen LogP contribution in [0.2, 0.25) is 0 Å². The number of anilines is 1. The maximum Gasteiger partial charge on any atom is 0.240 e. The van der Waals surface area contributed by atoms with Gasteiger partial charge in [0.2, 0.25) is 11.0 Å². The summed E-state index contributed by atoms with van der Waals surface area (Å²) in [5.74, 6) is 0.461. The van der Waals surface area contributed by atoms with E-state index in [9.17, 15) is 4.79 Å². The molecule has 1 N–H and O–H groups in total. The van der Waals surface area contributed by atoms with Gasteiger partial charge in [-0.15, -0.1) is 10.2 Å². The highest BCUT2D eigenvalue weighted by atomic mass is 32.1. The van der Waals surface area contributed by atoms with Crippen LogP contribution in [0.15, 0.2) is 12.4 Å². The maximum absolute atomic E-state index is 12.2. The summed E-state index contributed by atoms with van der Waals surface area (Å²) in [6.45, 7) is 0.998. The zero-order chi connectivity index (χ0) is 16.9. The zero-order valence-electron chi connectivity index (χ0n) is 14.2. The average molecular weight is 348 g/mol. The normalized spacial score (nSPS) is 15.8. The number of nitrogens with one attached hydrogen (secondary N) is 1. The van der Waals surface area contributed by atoms with E-state index < -0.39 is 0 Å². The Morgan fingerprint density at radius 2 is 2.17 bits per heavy atom. The highest BCUT2D eigenvalue weighted by molar-refractivity contribution is 7.15. The number of carbonyl (C=O) groups is 1. The summed E-state index contributed by atoms with van der Waals surface area (Å²) < 4.78 is 1.76. The minimum atomic E-state index is -0.0623. The van der Waals surface area contributed by atoms with Gasteiger partial charge in [0.15, 0.2) is 0 Å². The third kappa shape index (κ3) is 4.61. The Labute approximate surface area is 146 Å². The van der Waals surface area contributed by atoms with Crippen LogP contribution < -0.4 is 5.32 Å². The van der Waals surface area contributed by atoms with Crippen molar-refractivity contribution < 1.29 is 4.79 Å². The number of hydrogen-bond donors (Lipinski definition) is 1. The van der Waals surface area contributed by atoms with Crippen molar-refractivity contribution in [1.82, 2.24) is 24.9 Å². The van der Waals surface area contributed by atoms with Crippen molar-refractivity contribution in [3.05, 3.63) is 23.0 Å². The van der Waals surface area contributed by atoms with Gasteiger partial charge in [0.05, 0.1) is 12.7 Å². The van der Waals surface area contributed by atoms with E-state index in [0.717, 1.165) is 10.6 Å². The van der Waals surface area contributed by atoms with E-state index >= 15 is 0 Å². The van der Waals surface area contributed by atoms with Gasteiger partial charge >= 0.3 is 0 Å². The number of rotatable bonds is 6. The zero-order valence-corrected chi connectivity index (χ0v) is 15.1. The summed E-state index contributed by atoms with van der Waals surface area (Å²) in [4.78, 5) is 14.1. The molecule has 0 aromatic carbocycles. The Hall–Kier alpha value is -1.80. The molecule has 8 heteroatoms. The molecule has 0 radical (unpaired) electrons. The highest BCUT2D eigenvalue weighted by Gasteiger charge is 2.20. The molecule has 0 saturated heterocycles. The lowest BCUT2D eigenvalue weighted by atomic mass is 9.90. The van der Waals surface area contributed by atoms with Gasteiger partial charge in [-0.3, -0.25) is 19.7 Å². The van der Waals surface area contributed by atoms with Gasteiger partial charge in [-0.1, -0.05) is 30.6 Å². The molecular weight excluding hydrogens is 324 g/mol. The van der Waals surface area contributed by atoms with Crippen molar-refractivity contribution in [2.24, 2.45) is 7.05 Å². The minimum absolute atomic E-state index is 0.0623. The lowest BCUT2D eigenvalue weighted by Crippen LogP contribution is -2.29. The van der Waals surface area contributed by atoms with Crippen molar-refractivity contribution in [2.75, 3.05) is 18.9 Å². The van der Waals surface area contributed by atoms with E-state index in [1.807, 2.05) is 31.4 Å². The Morgan fingerprint density at radius 1 is 1.38 bits per heavy atom. The standard InChI is InChI=1S/C16H24N6OS/c1-21(9-12-8-17-22(2)10-12)11-14(23)18-16-20-19-15(24-16)13-6-4-3-5-7-13/h8,10,13H,3-7,9,11H2,1-2H3,(H,18,20,23). The van der Waals surface area contributed by atoms with E-state index in [-0.39, 0.29) is 5.91 Å². The van der Waals surface area contributed by atoms with Crippen LogP contribution in [0.1, 0.15) is 48.6 Å². The molecule has 1 saturated carbocycles. The molecule has 24 heavy (non-hydrogen) atoms.